The van der Waals surface area contributed by atoms with E-state index in [1.54, 1.807) is 19.2 Å². The molecule has 0 saturated heterocycles. The highest BCUT2D eigenvalue weighted by atomic mass is 127. The molecule has 0 spiro atoms. The number of aromatic nitrogens is 1. The molecule has 1 fully saturated rings. The van der Waals surface area contributed by atoms with E-state index in [1.807, 2.05) is 32.0 Å². The Balaban J connectivity index is 0.00000320. The predicted molar refractivity (Wildman–Crippen MR) is 127 cm³/mol. The summed E-state index contributed by atoms with van der Waals surface area (Å²) in [5.74, 6) is 1.77. The zero-order valence-corrected chi connectivity index (χ0v) is 20.0. The number of rotatable bonds is 9. The molecule has 1 aliphatic rings. The molecule has 164 valence electrons. The second-order valence-corrected chi connectivity index (χ2v) is 7.18. The van der Waals surface area contributed by atoms with E-state index in [4.69, 9.17) is 9.47 Å². The third kappa shape index (κ3) is 7.30. The summed E-state index contributed by atoms with van der Waals surface area (Å²) in [7, 11) is 1.59. The minimum Gasteiger partial charge on any atom is -0.490 e. The fourth-order valence-corrected chi connectivity index (χ4v) is 2.82. The molecule has 3 rings (SSSR count). The minimum absolute atomic E-state index is 0. The van der Waals surface area contributed by atoms with E-state index in [1.165, 1.54) is 18.9 Å². The summed E-state index contributed by atoms with van der Waals surface area (Å²) in [6.45, 7) is 5.68. The Labute approximate surface area is 194 Å². The number of ether oxygens (including phenoxy) is 2. The average molecular weight is 528 g/mol. The number of aliphatic imine (C=N–C) groups is 1. The SMILES string of the molecule is CCNC(=NCc1cccc(OC)n1)NC(C)c1ccc(OCC2CC2)c(F)c1.I. The second-order valence-electron chi connectivity index (χ2n) is 7.18. The van der Waals surface area contributed by atoms with Crippen LogP contribution in [0.2, 0.25) is 0 Å². The molecule has 0 bridgehead atoms. The lowest BCUT2D eigenvalue weighted by Crippen LogP contribution is -2.38. The van der Waals surface area contributed by atoms with Crippen LogP contribution in [0.3, 0.4) is 0 Å². The van der Waals surface area contributed by atoms with Crippen molar-refractivity contribution in [2.45, 2.75) is 39.3 Å². The fourth-order valence-electron chi connectivity index (χ4n) is 2.82. The summed E-state index contributed by atoms with van der Waals surface area (Å²) in [5.41, 5.74) is 1.63. The van der Waals surface area contributed by atoms with Crippen molar-refractivity contribution in [2.24, 2.45) is 10.9 Å². The standard InChI is InChI=1S/C22H29FN4O2.HI/c1-4-24-22(25-13-18-6-5-7-21(27-18)28-3)26-15(2)17-10-11-20(19(23)12-17)29-14-16-8-9-16;/h5-7,10-12,15-16H,4,8-9,13-14H2,1-3H3,(H2,24,25,26);1H. The van der Waals surface area contributed by atoms with Crippen LogP contribution < -0.4 is 20.1 Å². The van der Waals surface area contributed by atoms with Crippen LogP contribution >= 0.6 is 24.0 Å². The van der Waals surface area contributed by atoms with Gasteiger partial charge in [-0.3, -0.25) is 0 Å². The zero-order valence-electron chi connectivity index (χ0n) is 17.7. The topological polar surface area (TPSA) is 67.8 Å². The molecule has 1 aromatic heterocycles. The van der Waals surface area contributed by atoms with E-state index in [2.05, 4.69) is 20.6 Å². The quantitative estimate of drug-likeness (QED) is 0.286. The van der Waals surface area contributed by atoms with Crippen LogP contribution in [0, 0.1) is 11.7 Å². The van der Waals surface area contributed by atoms with Crippen LogP contribution in [-0.2, 0) is 6.54 Å². The molecule has 1 aromatic carbocycles. The van der Waals surface area contributed by atoms with E-state index in [0.717, 1.165) is 11.3 Å². The third-order valence-electron chi connectivity index (χ3n) is 4.71. The highest BCUT2D eigenvalue weighted by Gasteiger charge is 2.22. The average Bonchev–Trinajstić information content (AvgIpc) is 3.56. The summed E-state index contributed by atoms with van der Waals surface area (Å²) in [5, 5.41) is 6.52. The van der Waals surface area contributed by atoms with Crippen LogP contribution in [0.15, 0.2) is 41.4 Å². The maximum atomic E-state index is 14.4. The van der Waals surface area contributed by atoms with Crippen molar-refractivity contribution in [1.82, 2.24) is 15.6 Å². The summed E-state index contributed by atoms with van der Waals surface area (Å²) in [6.07, 6.45) is 2.36. The molecule has 30 heavy (non-hydrogen) atoms. The molecule has 2 N–H and O–H groups in total. The first-order valence-electron chi connectivity index (χ1n) is 10.1. The molecule has 2 aromatic rings. The number of guanidine groups is 1. The Hall–Kier alpha value is -2.10. The maximum absolute atomic E-state index is 14.4. The molecule has 0 aliphatic heterocycles. The molecule has 0 amide bonds. The van der Waals surface area contributed by atoms with Gasteiger partial charge in [0.25, 0.3) is 0 Å². The van der Waals surface area contributed by atoms with Gasteiger partial charge in [0, 0.05) is 12.6 Å². The molecule has 1 heterocycles. The fraction of sp³-hybridized carbons (Fsp3) is 0.455. The largest absolute Gasteiger partial charge is 0.490 e. The van der Waals surface area contributed by atoms with Gasteiger partial charge in [-0.25, -0.2) is 14.4 Å². The van der Waals surface area contributed by atoms with Crippen molar-refractivity contribution in [3.05, 3.63) is 53.5 Å². The predicted octanol–water partition coefficient (Wildman–Crippen LogP) is 4.45. The van der Waals surface area contributed by atoms with Gasteiger partial charge in [-0.1, -0.05) is 12.1 Å². The summed E-state index contributed by atoms with van der Waals surface area (Å²) >= 11 is 0. The number of pyridine rings is 1. The van der Waals surface area contributed by atoms with Crippen molar-refractivity contribution < 1.29 is 13.9 Å². The van der Waals surface area contributed by atoms with Gasteiger partial charge in [-0.2, -0.15) is 0 Å². The van der Waals surface area contributed by atoms with E-state index in [9.17, 15) is 4.39 Å². The Morgan fingerprint density at radius 1 is 1.30 bits per heavy atom. The normalized spacial score (nSPS) is 14.5. The van der Waals surface area contributed by atoms with Gasteiger partial charge < -0.3 is 20.1 Å². The highest BCUT2D eigenvalue weighted by Crippen LogP contribution is 2.30. The Bertz CT molecular complexity index is 846. The second kappa shape index (κ2) is 11.9. The summed E-state index contributed by atoms with van der Waals surface area (Å²) in [4.78, 5) is 8.95. The van der Waals surface area contributed by atoms with Gasteiger partial charge in [0.15, 0.2) is 17.5 Å². The van der Waals surface area contributed by atoms with Crippen molar-refractivity contribution in [3.63, 3.8) is 0 Å². The summed E-state index contributed by atoms with van der Waals surface area (Å²) < 4.78 is 25.1. The van der Waals surface area contributed by atoms with Crippen LogP contribution in [0.4, 0.5) is 4.39 Å². The molecule has 8 heteroatoms. The van der Waals surface area contributed by atoms with Gasteiger partial charge in [-0.05, 0) is 56.4 Å². The maximum Gasteiger partial charge on any atom is 0.213 e. The molecular weight excluding hydrogens is 498 g/mol. The number of hydrogen-bond acceptors (Lipinski definition) is 4. The monoisotopic (exact) mass is 528 g/mol. The molecule has 1 saturated carbocycles. The van der Waals surface area contributed by atoms with Crippen LogP contribution in [0.25, 0.3) is 0 Å². The number of methoxy groups -OCH3 is 1. The number of halogens is 2. The zero-order chi connectivity index (χ0) is 20.6. The van der Waals surface area contributed by atoms with Crippen molar-refractivity contribution >= 4 is 29.9 Å². The van der Waals surface area contributed by atoms with Crippen LogP contribution in [-0.4, -0.2) is 31.2 Å². The lowest BCUT2D eigenvalue weighted by Gasteiger charge is -2.19. The Morgan fingerprint density at radius 3 is 2.77 bits per heavy atom. The first-order chi connectivity index (χ1) is 14.1. The van der Waals surface area contributed by atoms with Crippen LogP contribution in [0.1, 0.15) is 44.0 Å². The third-order valence-corrected chi connectivity index (χ3v) is 4.71. The van der Waals surface area contributed by atoms with Gasteiger partial charge in [0.1, 0.15) is 0 Å². The smallest absolute Gasteiger partial charge is 0.213 e. The minimum atomic E-state index is -0.334. The highest BCUT2D eigenvalue weighted by molar-refractivity contribution is 14.0. The Morgan fingerprint density at radius 2 is 2.10 bits per heavy atom. The number of nitrogens with one attached hydrogen (secondary N) is 2. The first kappa shape index (κ1) is 24.2. The Kier molecular flexibility index (Phi) is 9.61. The lowest BCUT2D eigenvalue weighted by atomic mass is 10.1. The van der Waals surface area contributed by atoms with Gasteiger partial charge in [0.05, 0.1) is 32.0 Å². The van der Waals surface area contributed by atoms with E-state index >= 15 is 0 Å². The van der Waals surface area contributed by atoms with E-state index < -0.39 is 0 Å². The number of benzene rings is 1. The number of hydrogen-bond donors (Lipinski definition) is 2. The van der Waals surface area contributed by atoms with Gasteiger partial charge in [-0.15, -0.1) is 24.0 Å². The van der Waals surface area contributed by atoms with E-state index in [0.29, 0.717) is 43.2 Å². The van der Waals surface area contributed by atoms with Crippen LogP contribution in [0.5, 0.6) is 11.6 Å². The van der Waals surface area contributed by atoms with Gasteiger partial charge >= 0.3 is 0 Å². The molecule has 6 nitrogen and oxygen atoms in total. The summed E-state index contributed by atoms with van der Waals surface area (Å²) in [6, 6.07) is 10.6. The number of nitrogens with zero attached hydrogens (tertiary/aromatic N) is 2. The van der Waals surface area contributed by atoms with Gasteiger partial charge in [0.2, 0.25) is 5.88 Å². The van der Waals surface area contributed by atoms with Crippen molar-refractivity contribution in [2.75, 3.05) is 20.3 Å². The molecule has 1 aliphatic carbocycles. The molecule has 0 radical (unpaired) electrons. The van der Waals surface area contributed by atoms with Crippen molar-refractivity contribution in [3.8, 4) is 11.6 Å². The van der Waals surface area contributed by atoms with E-state index in [-0.39, 0.29) is 35.8 Å². The first-order valence-corrected chi connectivity index (χ1v) is 10.1. The lowest BCUT2D eigenvalue weighted by molar-refractivity contribution is 0.285. The molecule has 1 unspecified atom stereocenters. The van der Waals surface area contributed by atoms with Crippen molar-refractivity contribution in [1.29, 1.82) is 0 Å². The molecule has 1 atom stereocenters. The molecular formula is C22H30FIN4O2.